The summed E-state index contributed by atoms with van der Waals surface area (Å²) in [6, 6.07) is 18.0. The molecule has 2 aromatic carbocycles. The number of morpholine rings is 1. The number of carbonyl (C=O) groups is 1. The molecule has 6 rings (SSSR count). The van der Waals surface area contributed by atoms with Crippen LogP contribution in [0.15, 0.2) is 59.1 Å². The Labute approximate surface area is 233 Å². The van der Waals surface area contributed by atoms with E-state index in [0.29, 0.717) is 36.9 Å². The fraction of sp³-hybridized carbons (Fsp3) is 0.400. The molecule has 0 bridgehead atoms. The standard InChI is InChI=1S/C30H35N7O3/c1-2-31-30(38)32-24-10-8-23(9-11-24)28-33-26-25(35-40-27(26)29(34-28)37-16-18-39-19-17-37)22-12-14-36(15-13-22)20-21-6-4-3-5-7-21/h3-11,22H,2,12-20H2,1H3,(H2,31,32,38). The highest BCUT2D eigenvalue weighted by atomic mass is 16.5. The van der Waals surface area contributed by atoms with E-state index in [1.165, 1.54) is 5.56 Å². The van der Waals surface area contributed by atoms with Crippen LogP contribution in [-0.2, 0) is 11.3 Å². The molecule has 0 radical (unpaired) electrons. The zero-order chi connectivity index (χ0) is 27.3. The van der Waals surface area contributed by atoms with E-state index >= 15 is 0 Å². The van der Waals surface area contributed by atoms with Gasteiger partial charge in [-0.3, -0.25) is 4.90 Å². The van der Waals surface area contributed by atoms with Crippen molar-refractivity contribution >= 4 is 28.6 Å². The predicted octanol–water partition coefficient (Wildman–Crippen LogP) is 4.64. The third kappa shape index (κ3) is 5.78. The number of fused-ring (bicyclic) bond motifs is 1. The number of hydrogen-bond acceptors (Lipinski definition) is 8. The Balaban J connectivity index is 1.27. The van der Waals surface area contributed by atoms with E-state index in [2.05, 4.69) is 55.9 Å². The van der Waals surface area contributed by atoms with Crippen molar-refractivity contribution < 1.29 is 14.1 Å². The molecular weight excluding hydrogens is 506 g/mol. The van der Waals surface area contributed by atoms with E-state index in [1.54, 1.807) is 0 Å². The highest BCUT2D eigenvalue weighted by Gasteiger charge is 2.29. The summed E-state index contributed by atoms with van der Waals surface area (Å²) in [6.07, 6.45) is 2.00. The summed E-state index contributed by atoms with van der Waals surface area (Å²) in [4.78, 5) is 26.6. The lowest BCUT2D eigenvalue weighted by Gasteiger charge is -2.31. The average Bonchev–Trinajstić information content (AvgIpc) is 3.43. The van der Waals surface area contributed by atoms with Crippen LogP contribution >= 0.6 is 0 Å². The Bertz CT molecular complexity index is 1430. The quantitative estimate of drug-likeness (QED) is 0.348. The summed E-state index contributed by atoms with van der Waals surface area (Å²) in [5.41, 5.74) is 5.26. The number of carbonyl (C=O) groups excluding carboxylic acids is 1. The normalized spacial score (nSPS) is 16.8. The fourth-order valence-corrected chi connectivity index (χ4v) is 5.47. The number of nitrogens with one attached hydrogen (secondary N) is 2. The van der Waals surface area contributed by atoms with Gasteiger partial charge in [-0.2, -0.15) is 0 Å². The lowest BCUT2D eigenvalue weighted by molar-refractivity contribution is 0.122. The highest BCUT2D eigenvalue weighted by Crippen LogP contribution is 2.36. The van der Waals surface area contributed by atoms with Gasteiger partial charge >= 0.3 is 6.03 Å². The monoisotopic (exact) mass is 541 g/mol. The molecule has 10 nitrogen and oxygen atoms in total. The molecule has 0 unspecified atom stereocenters. The number of urea groups is 1. The number of hydrogen-bond donors (Lipinski definition) is 2. The van der Waals surface area contributed by atoms with Crippen molar-refractivity contribution in [2.24, 2.45) is 0 Å². The maximum atomic E-state index is 11.9. The number of amides is 2. The number of benzene rings is 2. The topological polar surface area (TPSA) is 109 Å². The summed E-state index contributed by atoms with van der Waals surface area (Å²) in [5.74, 6) is 1.65. The molecular formula is C30H35N7O3. The average molecular weight is 542 g/mol. The van der Waals surface area contributed by atoms with Crippen molar-refractivity contribution in [2.75, 3.05) is 56.2 Å². The second kappa shape index (κ2) is 12.0. The van der Waals surface area contributed by atoms with Crippen LogP contribution in [0.2, 0.25) is 0 Å². The van der Waals surface area contributed by atoms with Crippen molar-refractivity contribution in [2.45, 2.75) is 32.2 Å². The van der Waals surface area contributed by atoms with Gasteiger partial charge < -0.3 is 24.8 Å². The third-order valence-corrected chi connectivity index (χ3v) is 7.60. The molecule has 208 valence electrons. The van der Waals surface area contributed by atoms with E-state index in [4.69, 9.17) is 19.2 Å². The van der Waals surface area contributed by atoms with Crippen LogP contribution < -0.4 is 15.5 Å². The first-order valence-corrected chi connectivity index (χ1v) is 14.1. The number of ether oxygens (including phenoxy) is 1. The first-order chi connectivity index (χ1) is 19.7. The van der Waals surface area contributed by atoms with Gasteiger partial charge in [0.2, 0.25) is 5.58 Å². The van der Waals surface area contributed by atoms with Crippen LogP contribution in [0.1, 0.15) is 36.9 Å². The number of aromatic nitrogens is 3. The lowest BCUT2D eigenvalue weighted by Crippen LogP contribution is -2.37. The number of anilines is 2. The Morgan fingerprint density at radius 1 is 0.975 bits per heavy atom. The van der Waals surface area contributed by atoms with Crippen molar-refractivity contribution in [3.05, 3.63) is 65.9 Å². The molecule has 2 amide bonds. The second-order valence-corrected chi connectivity index (χ2v) is 10.3. The predicted molar refractivity (Wildman–Crippen MR) is 154 cm³/mol. The molecule has 2 saturated heterocycles. The summed E-state index contributed by atoms with van der Waals surface area (Å²) >= 11 is 0. The van der Waals surface area contributed by atoms with E-state index in [-0.39, 0.29) is 11.9 Å². The third-order valence-electron chi connectivity index (χ3n) is 7.60. The summed E-state index contributed by atoms with van der Waals surface area (Å²) < 4.78 is 11.5. The minimum absolute atomic E-state index is 0.230. The summed E-state index contributed by atoms with van der Waals surface area (Å²) in [6.45, 7) is 8.16. The zero-order valence-electron chi connectivity index (χ0n) is 22.8. The van der Waals surface area contributed by atoms with Crippen molar-refractivity contribution in [1.82, 2.24) is 25.3 Å². The summed E-state index contributed by atoms with van der Waals surface area (Å²) in [5, 5.41) is 10.2. The van der Waals surface area contributed by atoms with Crippen LogP contribution in [-0.4, -0.2) is 72.0 Å². The van der Waals surface area contributed by atoms with Crippen molar-refractivity contribution in [3.63, 3.8) is 0 Å². The number of likely N-dealkylation sites (tertiary alicyclic amines) is 1. The lowest BCUT2D eigenvalue weighted by atomic mass is 9.92. The number of rotatable bonds is 7. The van der Waals surface area contributed by atoms with Crippen LogP contribution in [0.25, 0.3) is 22.5 Å². The SMILES string of the molecule is CCNC(=O)Nc1ccc(-c2nc(N3CCOCC3)c3onc(C4CCN(Cc5ccccc5)CC4)c3n2)cc1. The van der Waals surface area contributed by atoms with Gasteiger partial charge in [0, 0.05) is 43.3 Å². The first-order valence-electron chi connectivity index (χ1n) is 14.1. The van der Waals surface area contributed by atoms with Gasteiger partial charge in [0.05, 0.1) is 13.2 Å². The van der Waals surface area contributed by atoms with Crippen LogP contribution in [0.3, 0.4) is 0 Å². The van der Waals surface area contributed by atoms with Gasteiger partial charge in [-0.1, -0.05) is 35.5 Å². The molecule has 4 aromatic rings. The maximum Gasteiger partial charge on any atom is 0.319 e. The molecule has 10 heteroatoms. The van der Waals surface area contributed by atoms with Gasteiger partial charge in [0.25, 0.3) is 0 Å². The second-order valence-electron chi connectivity index (χ2n) is 10.3. The van der Waals surface area contributed by atoms with Crippen LogP contribution in [0.4, 0.5) is 16.3 Å². The Hall–Kier alpha value is -4.02. The molecule has 0 saturated carbocycles. The van der Waals surface area contributed by atoms with Crippen molar-refractivity contribution in [1.29, 1.82) is 0 Å². The van der Waals surface area contributed by atoms with Crippen LogP contribution in [0.5, 0.6) is 0 Å². The van der Waals surface area contributed by atoms with Gasteiger partial charge in [-0.25, -0.2) is 14.8 Å². The fourth-order valence-electron chi connectivity index (χ4n) is 5.47. The zero-order valence-corrected chi connectivity index (χ0v) is 22.8. The van der Waals surface area contributed by atoms with Gasteiger partial charge in [-0.15, -0.1) is 0 Å². The number of piperidine rings is 1. The van der Waals surface area contributed by atoms with Gasteiger partial charge in [-0.05, 0) is 62.7 Å². The smallest absolute Gasteiger partial charge is 0.319 e. The Morgan fingerprint density at radius 3 is 2.45 bits per heavy atom. The molecule has 4 heterocycles. The van der Waals surface area contributed by atoms with Gasteiger partial charge in [0.1, 0.15) is 11.2 Å². The van der Waals surface area contributed by atoms with E-state index in [9.17, 15) is 4.79 Å². The maximum absolute atomic E-state index is 11.9. The Morgan fingerprint density at radius 2 is 1.73 bits per heavy atom. The highest BCUT2D eigenvalue weighted by molar-refractivity contribution is 5.90. The minimum Gasteiger partial charge on any atom is -0.378 e. The molecule has 2 fully saturated rings. The van der Waals surface area contributed by atoms with Crippen LogP contribution in [0, 0.1) is 0 Å². The molecule has 2 N–H and O–H groups in total. The molecule has 2 aliphatic rings. The molecule has 0 atom stereocenters. The van der Waals surface area contributed by atoms with Gasteiger partial charge in [0.15, 0.2) is 11.6 Å². The molecule has 2 aliphatic heterocycles. The molecule has 2 aromatic heterocycles. The molecule has 0 aliphatic carbocycles. The van der Waals surface area contributed by atoms with E-state index in [0.717, 1.165) is 68.2 Å². The Kier molecular flexibility index (Phi) is 7.87. The van der Waals surface area contributed by atoms with E-state index in [1.807, 2.05) is 31.2 Å². The first kappa shape index (κ1) is 26.2. The molecule has 0 spiro atoms. The number of nitrogens with zero attached hydrogens (tertiary/aromatic N) is 5. The minimum atomic E-state index is -0.230. The largest absolute Gasteiger partial charge is 0.378 e. The summed E-state index contributed by atoms with van der Waals surface area (Å²) in [7, 11) is 0. The molecule has 40 heavy (non-hydrogen) atoms. The van der Waals surface area contributed by atoms with Crippen molar-refractivity contribution in [3.8, 4) is 11.4 Å². The van der Waals surface area contributed by atoms with E-state index < -0.39 is 0 Å².